The molecule has 1 N–H and O–H groups in total. The van der Waals surface area contributed by atoms with Crippen LogP contribution in [0.3, 0.4) is 0 Å². The molecular formula is C12H5F19O3. The van der Waals surface area contributed by atoms with Gasteiger partial charge >= 0.3 is 59.5 Å². The molecule has 204 valence electrons. The van der Waals surface area contributed by atoms with Crippen LogP contribution >= 0.6 is 0 Å². The van der Waals surface area contributed by atoms with E-state index in [0.717, 1.165) is 0 Å². The number of aliphatic hydroxyl groups excluding tert-OH is 1. The second-order valence-corrected chi connectivity index (χ2v) is 5.95. The van der Waals surface area contributed by atoms with Gasteiger partial charge in [-0.15, -0.1) is 0 Å². The lowest BCUT2D eigenvalue weighted by atomic mass is 9.87. The summed E-state index contributed by atoms with van der Waals surface area (Å²) in [5.41, 5.74) is 0. The SMILES string of the molecule is O=C(OCCO)C(F)(F)C(F)(F)C(F)(F)C(F)(F)C(F)(F)C(F)(F)C(F)(F)C(F)(F)C(F)(F)F. The lowest BCUT2D eigenvalue weighted by Crippen LogP contribution is -2.76. The van der Waals surface area contributed by atoms with Gasteiger partial charge in [0.15, 0.2) is 0 Å². The Morgan fingerprint density at radius 3 is 1.03 bits per heavy atom. The Kier molecular flexibility index (Phi) is 7.88. The fraction of sp³-hybridized carbons (Fsp3) is 0.917. The summed E-state index contributed by atoms with van der Waals surface area (Å²) in [6.45, 7) is -3.30. The van der Waals surface area contributed by atoms with Gasteiger partial charge in [-0.05, 0) is 0 Å². The number of rotatable bonds is 10. The summed E-state index contributed by atoms with van der Waals surface area (Å²) >= 11 is 0. The Bertz CT molecular complexity index is 752. The quantitative estimate of drug-likeness (QED) is 0.298. The summed E-state index contributed by atoms with van der Waals surface area (Å²) in [6, 6.07) is 0. The zero-order chi connectivity index (χ0) is 28.2. The number of halogens is 19. The molecule has 0 aliphatic heterocycles. The van der Waals surface area contributed by atoms with Crippen molar-refractivity contribution >= 4 is 5.97 Å². The average molecular weight is 558 g/mol. The lowest BCUT2D eigenvalue weighted by Gasteiger charge is -2.43. The Balaban J connectivity index is 6.86. The summed E-state index contributed by atoms with van der Waals surface area (Å²) < 4.78 is 250. The normalized spacial score (nSPS) is 16.0. The topological polar surface area (TPSA) is 46.5 Å². The van der Waals surface area contributed by atoms with Gasteiger partial charge in [-0.2, -0.15) is 83.4 Å². The highest BCUT2D eigenvalue weighted by atomic mass is 19.4. The van der Waals surface area contributed by atoms with Crippen LogP contribution in [-0.2, 0) is 9.53 Å². The number of carbonyl (C=O) groups excluding carboxylic acids is 1. The van der Waals surface area contributed by atoms with Crippen molar-refractivity contribution in [3.63, 3.8) is 0 Å². The van der Waals surface area contributed by atoms with Gasteiger partial charge in [0.1, 0.15) is 6.61 Å². The first-order chi connectivity index (χ1) is 14.5. The molecule has 0 amide bonds. The van der Waals surface area contributed by atoms with Crippen LogP contribution in [0.15, 0.2) is 0 Å². The van der Waals surface area contributed by atoms with Gasteiger partial charge in [0.25, 0.3) is 0 Å². The summed E-state index contributed by atoms with van der Waals surface area (Å²) in [6.07, 6.45) is -7.96. The Labute approximate surface area is 172 Å². The van der Waals surface area contributed by atoms with Gasteiger partial charge < -0.3 is 9.84 Å². The van der Waals surface area contributed by atoms with Crippen molar-refractivity contribution in [3.8, 4) is 0 Å². The second-order valence-electron chi connectivity index (χ2n) is 5.95. The van der Waals surface area contributed by atoms with Crippen LogP contribution in [0.5, 0.6) is 0 Å². The third-order valence-corrected chi connectivity index (χ3v) is 3.70. The highest BCUT2D eigenvalue weighted by Gasteiger charge is 2.97. The standard InChI is InChI=1S/C12H5F19O3/c13-4(14,3(33)34-2-1-32)5(15,16)6(17,18)7(19,20)8(21,22)9(23,24)10(25,26)11(27,28)12(29,30)31/h32H,1-2H2. The maximum atomic E-state index is 13.4. The van der Waals surface area contributed by atoms with Gasteiger partial charge in [-0.1, -0.05) is 0 Å². The molecule has 0 heterocycles. The van der Waals surface area contributed by atoms with E-state index in [2.05, 4.69) is 4.74 Å². The fourth-order valence-corrected chi connectivity index (χ4v) is 1.72. The van der Waals surface area contributed by atoms with Crippen molar-refractivity contribution in [3.05, 3.63) is 0 Å². The second kappa shape index (κ2) is 8.35. The molecule has 0 radical (unpaired) electrons. The van der Waals surface area contributed by atoms with E-state index in [9.17, 15) is 88.2 Å². The molecule has 0 aliphatic rings. The number of carbonyl (C=O) groups is 1. The van der Waals surface area contributed by atoms with Crippen LogP contribution in [0.25, 0.3) is 0 Å². The Morgan fingerprint density at radius 2 is 0.765 bits per heavy atom. The minimum Gasteiger partial charge on any atom is -0.459 e. The zero-order valence-corrected chi connectivity index (χ0v) is 14.9. The molecule has 34 heavy (non-hydrogen) atoms. The van der Waals surface area contributed by atoms with E-state index >= 15 is 0 Å². The van der Waals surface area contributed by atoms with Crippen molar-refractivity contribution in [2.24, 2.45) is 0 Å². The summed E-state index contributed by atoms with van der Waals surface area (Å²) in [4.78, 5) is 10.7. The molecule has 0 spiro atoms. The number of ether oxygens (including phenoxy) is 1. The number of hydrogen-bond acceptors (Lipinski definition) is 3. The molecule has 0 saturated heterocycles. The molecule has 0 aromatic rings. The van der Waals surface area contributed by atoms with Crippen LogP contribution in [-0.4, -0.2) is 77.8 Å². The third-order valence-electron chi connectivity index (χ3n) is 3.70. The molecule has 22 heteroatoms. The molecule has 0 aromatic heterocycles. The van der Waals surface area contributed by atoms with Crippen LogP contribution in [0.1, 0.15) is 0 Å². The summed E-state index contributed by atoms with van der Waals surface area (Å²) in [5, 5.41) is 8.10. The van der Waals surface area contributed by atoms with E-state index in [1.54, 1.807) is 0 Å². The van der Waals surface area contributed by atoms with E-state index < -0.39 is 72.7 Å². The molecule has 3 nitrogen and oxygen atoms in total. The van der Waals surface area contributed by atoms with Crippen molar-refractivity contribution in [2.75, 3.05) is 13.2 Å². The van der Waals surface area contributed by atoms with E-state index in [1.165, 1.54) is 0 Å². The van der Waals surface area contributed by atoms with Gasteiger partial charge in [0, 0.05) is 0 Å². The van der Waals surface area contributed by atoms with Gasteiger partial charge in [0.2, 0.25) is 0 Å². The fourth-order valence-electron chi connectivity index (χ4n) is 1.72. The predicted molar refractivity (Wildman–Crippen MR) is 63.7 cm³/mol. The van der Waals surface area contributed by atoms with Crippen molar-refractivity contribution in [1.82, 2.24) is 0 Å². The van der Waals surface area contributed by atoms with Gasteiger partial charge in [0.05, 0.1) is 6.61 Å². The zero-order valence-electron chi connectivity index (χ0n) is 14.9. The van der Waals surface area contributed by atoms with Gasteiger partial charge in [-0.3, -0.25) is 0 Å². The lowest BCUT2D eigenvalue weighted by molar-refractivity contribution is -0.467. The molecule has 0 atom stereocenters. The monoisotopic (exact) mass is 558 g/mol. The number of hydrogen-bond donors (Lipinski definition) is 1. The van der Waals surface area contributed by atoms with Gasteiger partial charge in [-0.25, -0.2) is 4.79 Å². The largest absolute Gasteiger partial charge is 0.460 e. The van der Waals surface area contributed by atoms with Crippen molar-refractivity contribution in [1.29, 1.82) is 0 Å². The first-order valence-electron chi connectivity index (χ1n) is 7.35. The average Bonchev–Trinajstić information content (AvgIpc) is 2.63. The van der Waals surface area contributed by atoms with E-state index in [-0.39, 0.29) is 0 Å². The molecule has 0 saturated carbocycles. The first-order valence-corrected chi connectivity index (χ1v) is 7.35. The molecule has 0 aromatic carbocycles. The van der Waals surface area contributed by atoms with Crippen LogP contribution in [0.2, 0.25) is 0 Å². The smallest absolute Gasteiger partial charge is 0.459 e. The molecule has 0 fully saturated rings. The van der Waals surface area contributed by atoms with Crippen molar-refractivity contribution < 1.29 is 98.1 Å². The summed E-state index contributed by atoms with van der Waals surface area (Å²) in [7, 11) is 0. The highest BCUT2D eigenvalue weighted by Crippen LogP contribution is 2.65. The molecule has 0 bridgehead atoms. The predicted octanol–water partition coefficient (Wildman–Crippen LogP) is 5.17. The molecular weight excluding hydrogens is 553 g/mol. The molecule has 0 rings (SSSR count). The molecule has 0 unspecified atom stereocenters. The number of esters is 1. The Hall–Kier alpha value is -1.90. The highest BCUT2D eigenvalue weighted by molar-refractivity contribution is 5.79. The van der Waals surface area contributed by atoms with Crippen molar-refractivity contribution in [2.45, 2.75) is 53.6 Å². The minimum absolute atomic E-state index is 1.53. The maximum Gasteiger partial charge on any atom is 0.460 e. The van der Waals surface area contributed by atoms with Crippen LogP contribution in [0, 0.1) is 0 Å². The third kappa shape index (κ3) is 3.97. The number of aliphatic hydroxyl groups is 1. The Morgan fingerprint density at radius 1 is 0.500 bits per heavy atom. The number of alkyl halides is 19. The van der Waals surface area contributed by atoms with E-state index in [4.69, 9.17) is 5.11 Å². The maximum absolute atomic E-state index is 13.4. The first kappa shape index (κ1) is 32.1. The molecule has 0 aliphatic carbocycles. The van der Waals surface area contributed by atoms with Crippen LogP contribution in [0.4, 0.5) is 83.4 Å². The van der Waals surface area contributed by atoms with E-state index in [0.29, 0.717) is 0 Å². The van der Waals surface area contributed by atoms with E-state index in [1.807, 2.05) is 0 Å². The summed E-state index contributed by atoms with van der Waals surface area (Å²) in [5.74, 6) is -72.6. The minimum atomic E-state index is -9.06. The van der Waals surface area contributed by atoms with Crippen LogP contribution < -0.4 is 0 Å².